The Balaban J connectivity index is 2.08. The van der Waals surface area contributed by atoms with Crippen LogP contribution in [0.4, 0.5) is 10.1 Å². The zero-order valence-corrected chi connectivity index (χ0v) is 24.3. The van der Waals surface area contributed by atoms with Crippen molar-refractivity contribution in [2.24, 2.45) is 0 Å². The highest BCUT2D eigenvalue weighted by Gasteiger charge is 2.34. The van der Waals surface area contributed by atoms with Gasteiger partial charge in [0.1, 0.15) is 18.4 Å². The van der Waals surface area contributed by atoms with Crippen LogP contribution in [0.2, 0.25) is 5.02 Å². The van der Waals surface area contributed by atoms with Crippen molar-refractivity contribution in [3.63, 3.8) is 0 Å². The number of nitrogens with one attached hydrogen (secondary N) is 1. The first kappa shape index (κ1) is 31.1. The molecule has 214 valence electrons. The highest BCUT2D eigenvalue weighted by atomic mass is 35.5. The number of carbonyl (C=O) groups excluding carboxylic acids is 2. The Morgan fingerprint density at radius 3 is 2.17 bits per heavy atom. The molecule has 0 bridgehead atoms. The maximum absolute atomic E-state index is 14.1. The minimum atomic E-state index is -4.16. The summed E-state index contributed by atoms with van der Waals surface area (Å²) in [5.74, 6) is -1.54. The van der Waals surface area contributed by atoms with Gasteiger partial charge in [0.2, 0.25) is 11.8 Å². The molecule has 8 nitrogen and oxygen atoms in total. The van der Waals surface area contributed by atoms with Crippen LogP contribution in [-0.2, 0) is 32.8 Å². The molecule has 0 fully saturated rings. The molecule has 0 aromatic heterocycles. The van der Waals surface area contributed by atoms with Crippen LogP contribution in [0.25, 0.3) is 0 Å². The Labute approximate surface area is 240 Å². The lowest BCUT2D eigenvalue weighted by Gasteiger charge is -2.34. The van der Waals surface area contributed by atoms with Gasteiger partial charge in [0.15, 0.2) is 0 Å². The largest absolute Gasteiger partial charge is 0.354 e. The standard InChI is InChI=1S/C29H34ClFN4O4S/c1-4-18-32-29(37)27(19-22-10-6-5-7-11-22)34(20-23-12-8-9-13-26(23)30)28(36)21-35(40(38,39)33(2)3)25-16-14-24(31)15-17-25/h5-17,27H,4,18-21H2,1-3H3,(H,32,37)/t27-/m0/s1. The molecule has 3 aromatic carbocycles. The van der Waals surface area contributed by atoms with Gasteiger partial charge < -0.3 is 10.2 Å². The van der Waals surface area contributed by atoms with Crippen molar-refractivity contribution >= 4 is 39.3 Å². The number of hydrogen-bond donors (Lipinski definition) is 1. The SMILES string of the molecule is CCCNC(=O)[C@H](Cc1ccccc1)N(Cc1ccccc1Cl)C(=O)CN(c1ccc(F)cc1)S(=O)(=O)N(C)C. The lowest BCUT2D eigenvalue weighted by atomic mass is 10.0. The van der Waals surface area contributed by atoms with E-state index in [4.69, 9.17) is 11.6 Å². The van der Waals surface area contributed by atoms with Gasteiger partial charge in [-0.25, -0.2) is 8.70 Å². The predicted octanol–water partition coefficient (Wildman–Crippen LogP) is 4.26. The molecule has 3 rings (SSSR count). The number of halogens is 2. The summed E-state index contributed by atoms with van der Waals surface area (Å²) in [7, 11) is -1.48. The molecule has 0 saturated heterocycles. The first-order valence-corrected chi connectivity index (χ1v) is 14.6. The second-order valence-electron chi connectivity index (χ2n) is 9.38. The van der Waals surface area contributed by atoms with Crippen molar-refractivity contribution in [1.29, 1.82) is 0 Å². The third kappa shape index (κ3) is 8.03. The van der Waals surface area contributed by atoms with E-state index in [0.29, 0.717) is 23.6 Å². The fourth-order valence-electron chi connectivity index (χ4n) is 4.05. The first-order valence-electron chi connectivity index (χ1n) is 12.8. The number of rotatable bonds is 13. The Morgan fingerprint density at radius 2 is 1.57 bits per heavy atom. The van der Waals surface area contributed by atoms with E-state index >= 15 is 0 Å². The molecule has 0 saturated carbocycles. The number of benzene rings is 3. The minimum absolute atomic E-state index is 0.0329. The number of hydrogen-bond acceptors (Lipinski definition) is 4. The fourth-order valence-corrected chi connectivity index (χ4v) is 5.31. The molecule has 0 radical (unpaired) electrons. The van der Waals surface area contributed by atoms with Crippen molar-refractivity contribution in [3.8, 4) is 0 Å². The normalized spacial score (nSPS) is 12.2. The molecule has 0 spiro atoms. The van der Waals surface area contributed by atoms with Crippen LogP contribution in [0.3, 0.4) is 0 Å². The van der Waals surface area contributed by atoms with E-state index in [1.54, 1.807) is 24.3 Å². The van der Waals surface area contributed by atoms with E-state index < -0.39 is 34.5 Å². The number of amides is 2. The highest BCUT2D eigenvalue weighted by molar-refractivity contribution is 7.90. The van der Waals surface area contributed by atoms with Gasteiger partial charge in [-0.05, 0) is 47.9 Å². The van der Waals surface area contributed by atoms with Gasteiger partial charge >= 0.3 is 10.2 Å². The molecule has 3 aromatic rings. The van der Waals surface area contributed by atoms with Crippen LogP contribution < -0.4 is 9.62 Å². The summed E-state index contributed by atoms with van der Waals surface area (Å²) in [5.41, 5.74) is 1.53. The lowest BCUT2D eigenvalue weighted by Crippen LogP contribution is -2.54. The zero-order chi connectivity index (χ0) is 29.3. The van der Waals surface area contributed by atoms with Crippen molar-refractivity contribution in [1.82, 2.24) is 14.5 Å². The Hall–Kier alpha value is -3.47. The van der Waals surface area contributed by atoms with Crippen molar-refractivity contribution < 1.29 is 22.4 Å². The maximum atomic E-state index is 14.1. The highest BCUT2D eigenvalue weighted by Crippen LogP contribution is 2.24. The summed E-state index contributed by atoms with van der Waals surface area (Å²) < 4.78 is 42.2. The topological polar surface area (TPSA) is 90.0 Å². The van der Waals surface area contributed by atoms with Gasteiger partial charge in [-0.2, -0.15) is 12.7 Å². The summed E-state index contributed by atoms with van der Waals surface area (Å²) in [4.78, 5) is 29.0. The van der Waals surface area contributed by atoms with Gasteiger partial charge in [0.25, 0.3) is 0 Å². The van der Waals surface area contributed by atoms with E-state index in [1.165, 1.54) is 31.1 Å². The Bertz CT molecular complexity index is 1390. The van der Waals surface area contributed by atoms with Gasteiger partial charge in [-0.3, -0.25) is 9.59 Å². The van der Waals surface area contributed by atoms with Crippen LogP contribution in [-0.4, -0.2) is 62.7 Å². The van der Waals surface area contributed by atoms with Crippen LogP contribution in [0.1, 0.15) is 24.5 Å². The molecular formula is C29H34ClFN4O4S. The summed E-state index contributed by atoms with van der Waals surface area (Å²) >= 11 is 6.44. The third-order valence-electron chi connectivity index (χ3n) is 6.25. The van der Waals surface area contributed by atoms with Crippen LogP contribution in [0.15, 0.2) is 78.9 Å². The molecule has 0 aliphatic heterocycles. The minimum Gasteiger partial charge on any atom is -0.354 e. The second-order valence-corrected chi connectivity index (χ2v) is 11.9. The summed E-state index contributed by atoms with van der Waals surface area (Å²) in [6.07, 6.45) is 0.894. The average molecular weight is 589 g/mol. The van der Waals surface area contributed by atoms with Gasteiger partial charge in [0.05, 0.1) is 5.69 Å². The predicted molar refractivity (Wildman–Crippen MR) is 156 cm³/mol. The summed E-state index contributed by atoms with van der Waals surface area (Å²) in [6, 6.07) is 20.1. The molecule has 40 heavy (non-hydrogen) atoms. The zero-order valence-electron chi connectivity index (χ0n) is 22.8. The lowest BCUT2D eigenvalue weighted by molar-refractivity contribution is -0.140. The second kappa shape index (κ2) is 14.2. The third-order valence-corrected chi connectivity index (χ3v) is 8.44. The monoisotopic (exact) mass is 588 g/mol. The van der Waals surface area contributed by atoms with Gasteiger partial charge in [0, 0.05) is 38.6 Å². The van der Waals surface area contributed by atoms with E-state index in [9.17, 15) is 22.4 Å². The van der Waals surface area contributed by atoms with E-state index in [0.717, 1.165) is 26.3 Å². The Kier molecular flexibility index (Phi) is 11.1. The first-order chi connectivity index (χ1) is 19.0. The molecule has 1 N–H and O–H groups in total. The fraction of sp³-hybridized carbons (Fsp3) is 0.310. The van der Waals surface area contributed by atoms with Crippen LogP contribution >= 0.6 is 11.6 Å². The molecule has 0 unspecified atom stereocenters. The molecule has 1 atom stereocenters. The average Bonchev–Trinajstić information content (AvgIpc) is 2.94. The molecule has 0 aliphatic rings. The molecule has 11 heteroatoms. The van der Waals surface area contributed by atoms with E-state index in [1.807, 2.05) is 37.3 Å². The van der Waals surface area contributed by atoms with Crippen molar-refractivity contribution in [3.05, 3.63) is 101 Å². The summed E-state index contributed by atoms with van der Waals surface area (Å²) in [6.45, 7) is 1.68. The number of carbonyl (C=O) groups is 2. The quantitative estimate of drug-likeness (QED) is 0.323. The van der Waals surface area contributed by atoms with Gasteiger partial charge in [-0.1, -0.05) is 67.1 Å². The van der Waals surface area contributed by atoms with Crippen LogP contribution in [0, 0.1) is 5.82 Å². The van der Waals surface area contributed by atoms with Gasteiger partial charge in [-0.15, -0.1) is 0 Å². The van der Waals surface area contributed by atoms with Crippen molar-refractivity contribution in [2.45, 2.75) is 32.4 Å². The number of nitrogens with zero attached hydrogens (tertiary/aromatic N) is 3. The maximum Gasteiger partial charge on any atom is 0.304 e. The number of anilines is 1. The molecule has 0 heterocycles. The Morgan fingerprint density at radius 1 is 0.950 bits per heavy atom. The van der Waals surface area contributed by atoms with Crippen LogP contribution in [0.5, 0.6) is 0 Å². The summed E-state index contributed by atoms with van der Waals surface area (Å²) in [5, 5.41) is 3.29. The van der Waals surface area contributed by atoms with E-state index in [-0.39, 0.29) is 24.6 Å². The smallest absolute Gasteiger partial charge is 0.304 e. The molecule has 2 amide bonds. The van der Waals surface area contributed by atoms with Crippen molar-refractivity contribution in [2.75, 3.05) is 31.5 Å². The van der Waals surface area contributed by atoms with E-state index in [2.05, 4.69) is 5.32 Å². The molecular weight excluding hydrogens is 555 g/mol. The molecule has 0 aliphatic carbocycles.